The molecule has 0 spiro atoms. The zero-order valence-electron chi connectivity index (χ0n) is 22.8. The van der Waals surface area contributed by atoms with Gasteiger partial charge in [-0.25, -0.2) is 0 Å². The van der Waals surface area contributed by atoms with Crippen LogP contribution in [0.5, 0.6) is 28.7 Å². The summed E-state index contributed by atoms with van der Waals surface area (Å²) in [5, 5.41) is 0.122. The number of rotatable bonds is 10. The van der Waals surface area contributed by atoms with E-state index >= 15 is 0 Å². The van der Waals surface area contributed by atoms with Gasteiger partial charge in [0.25, 0.3) is 0 Å². The Bertz CT molecular complexity index is 1730. The second-order valence-electron chi connectivity index (χ2n) is 9.09. The highest BCUT2D eigenvalue weighted by Crippen LogP contribution is 2.43. The average Bonchev–Trinajstić information content (AvgIpc) is 2.99. The van der Waals surface area contributed by atoms with Gasteiger partial charge in [0.2, 0.25) is 5.75 Å². The van der Waals surface area contributed by atoms with Crippen molar-refractivity contribution < 1.29 is 32.9 Å². The van der Waals surface area contributed by atoms with Crippen molar-refractivity contribution in [2.24, 2.45) is 0 Å². The van der Waals surface area contributed by atoms with E-state index < -0.39 is 5.97 Å². The van der Waals surface area contributed by atoms with Crippen LogP contribution in [0.1, 0.15) is 18.1 Å². The van der Waals surface area contributed by atoms with Crippen LogP contribution < -0.4 is 29.1 Å². The summed E-state index contributed by atoms with van der Waals surface area (Å²) in [5.41, 5.74) is 2.42. The van der Waals surface area contributed by atoms with E-state index in [9.17, 15) is 9.59 Å². The molecule has 0 fully saturated rings. The number of hydrogen-bond donors (Lipinski definition) is 0. The van der Waals surface area contributed by atoms with Crippen molar-refractivity contribution >= 4 is 16.9 Å². The summed E-state index contributed by atoms with van der Waals surface area (Å²) in [4.78, 5) is 25.0. The number of benzene rings is 4. The van der Waals surface area contributed by atoms with Crippen LogP contribution in [0.3, 0.4) is 0 Å². The summed E-state index contributed by atoms with van der Waals surface area (Å²) >= 11 is 0. The number of carbonyl (C=O) groups excluding carboxylic acids is 1. The summed E-state index contributed by atoms with van der Waals surface area (Å²) in [6.45, 7) is 1.93. The minimum atomic E-state index is -0.584. The lowest BCUT2D eigenvalue weighted by atomic mass is 10.1. The summed E-state index contributed by atoms with van der Waals surface area (Å²) in [6.07, 6.45) is 0. The number of carbonyl (C=O) groups is 1. The van der Waals surface area contributed by atoms with Crippen LogP contribution in [0, 0.1) is 0 Å². The molecule has 0 atom stereocenters. The molecule has 0 saturated heterocycles. The van der Waals surface area contributed by atoms with Crippen LogP contribution in [0.25, 0.3) is 22.3 Å². The van der Waals surface area contributed by atoms with Crippen LogP contribution in [-0.4, -0.2) is 20.2 Å². The number of ether oxygens (including phenoxy) is 5. The largest absolute Gasteiger partial charge is 0.493 e. The fourth-order valence-electron chi connectivity index (χ4n) is 4.34. The normalized spacial score (nSPS) is 10.7. The third-order valence-electron chi connectivity index (χ3n) is 6.27. The molecule has 0 bridgehead atoms. The molecule has 1 aromatic heterocycles. The van der Waals surface area contributed by atoms with Gasteiger partial charge in [-0.05, 0) is 29.3 Å². The van der Waals surface area contributed by atoms with Crippen LogP contribution in [0.15, 0.2) is 100 Å². The van der Waals surface area contributed by atoms with Gasteiger partial charge in [0.15, 0.2) is 28.4 Å². The van der Waals surface area contributed by atoms with E-state index in [1.807, 2.05) is 60.7 Å². The Kier molecular flexibility index (Phi) is 8.20. The first-order valence-corrected chi connectivity index (χ1v) is 12.9. The summed E-state index contributed by atoms with van der Waals surface area (Å²) < 4.78 is 34.6. The van der Waals surface area contributed by atoms with Gasteiger partial charge in [-0.3, -0.25) is 9.59 Å². The fourth-order valence-corrected chi connectivity index (χ4v) is 4.34. The predicted molar refractivity (Wildman–Crippen MR) is 154 cm³/mol. The molecule has 8 nitrogen and oxygen atoms in total. The van der Waals surface area contributed by atoms with Crippen LogP contribution in [0.2, 0.25) is 0 Å². The van der Waals surface area contributed by atoms with E-state index in [2.05, 4.69) is 0 Å². The molecule has 0 saturated carbocycles. The van der Waals surface area contributed by atoms with E-state index in [1.165, 1.54) is 33.3 Å². The fraction of sp³-hybridized carbons (Fsp3) is 0.152. The Balaban J connectivity index is 1.55. The maximum absolute atomic E-state index is 13.3. The van der Waals surface area contributed by atoms with Crippen molar-refractivity contribution in [1.29, 1.82) is 0 Å². The van der Waals surface area contributed by atoms with E-state index in [0.29, 0.717) is 36.0 Å². The zero-order chi connectivity index (χ0) is 28.8. The smallest absolute Gasteiger partial charge is 0.308 e. The Hall–Kier alpha value is -5.24. The molecule has 4 aromatic carbocycles. The predicted octanol–water partition coefficient (Wildman–Crippen LogP) is 6.56. The zero-order valence-corrected chi connectivity index (χ0v) is 22.8. The van der Waals surface area contributed by atoms with Gasteiger partial charge >= 0.3 is 5.97 Å². The highest BCUT2D eigenvalue weighted by Gasteiger charge is 2.23. The van der Waals surface area contributed by atoms with Crippen molar-refractivity contribution in [3.63, 3.8) is 0 Å². The lowest BCUT2D eigenvalue weighted by Crippen LogP contribution is -2.09. The molecule has 1 heterocycles. The Morgan fingerprint density at radius 3 is 1.93 bits per heavy atom. The van der Waals surface area contributed by atoms with Gasteiger partial charge in [0, 0.05) is 24.6 Å². The number of esters is 1. The molecule has 0 aliphatic rings. The molecule has 0 N–H and O–H groups in total. The minimum absolute atomic E-state index is 0.00608. The van der Waals surface area contributed by atoms with Crippen molar-refractivity contribution in [2.75, 3.05) is 14.2 Å². The molecule has 5 rings (SSSR count). The molecule has 208 valence electrons. The summed E-state index contributed by atoms with van der Waals surface area (Å²) in [7, 11) is 2.79. The second kappa shape index (κ2) is 12.3. The Morgan fingerprint density at radius 2 is 1.34 bits per heavy atom. The SMILES string of the molecule is COc1cc2oc(-c3ccc(OCc4ccccc4)c(OCc4ccccc4)c3)cc(=O)c2c(OC)c1OC(C)=O. The second-order valence-corrected chi connectivity index (χ2v) is 9.09. The molecule has 0 unspecified atom stereocenters. The van der Waals surface area contributed by atoms with Gasteiger partial charge < -0.3 is 28.1 Å². The number of fused-ring (bicyclic) bond motifs is 1. The van der Waals surface area contributed by atoms with Crippen LogP contribution >= 0.6 is 0 Å². The molecular weight excluding hydrogens is 524 g/mol. The molecule has 0 amide bonds. The van der Waals surface area contributed by atoms with Gasteiger partial charge in [-0.15, -0.1) is 0 Å². The average molecular weight is 553 g/mol. The van der Waals surface area contributed by atoms with Gasteiger partial charge in [-0.2, -0.15) is 0 Å². The first-order chi connectivity index (χ1) is 20.0. The van der Waals surface area contributed by atoms with E-state index in [0.717, 1.165) is 11.1 Å². The third kappa shape index (κ3) is 6.17. The van der Waals surface area contributed by atoms with Crippen molar-refractivity contribution in [3.8, 4) is 40.1 Å². The van der Waals surface area contributed by atoms with E-state index in [4.69, 9.17) is 28.1 Å². The van der Waals surface area contributed by atoms with Gasteiger partial charge in [-0.1, -0.05) is 60.7 Å². The van der Waals surface area contributed by atoms with Crippen LogP contribution in [-0.2, 0) is 18.0 Å². The quantitative estimate of drug-likeness (QED) is 0.142. The monoisotopic (exact) mass is 552 g/mol. The molecule has 5 aromatic rings. The number of hydrogen-bond acceptors (Lipinski definition) is 8. The molecular formula is C33H28O8. The summed E-state index contributed by atoms with van der Waals surface area (Å²) in [6, 6.07) is 27.8. The lowest BCUT2D eigenvalue weighted by molar-refractivity contribution is -0.132. The number of methoxy groups -OCH3 is 2. The molecule has 0 radical (unpaired) electrons. The van der Waals surface area contributed by atoms with Crippen molar-refractivity contribution in [3.05, 3.63) is 112 Å². The first kappa shape index (κ1) is 27.3. The van der Waals surface area contributed by atoms with E-state index in [1.54, 1.807) is 18.2 Å². The maximum atomic E-state index is 13.3. The standard InChI is InChI=1S/C33H28O8/c1-21(34)40-32-30(36-2)18-29-31(33(32)37-3)25(35)17-27(41-29)24-14-15-26(38-19-22-10-6-4-7-11-22)28(16-24)39-20-23-12-8-5-9-13-23/h4-18H,19-20H2,1-3H3. The molecule has 41 heavy (non-hydrogen) atoms. The van der Waals surface area contributed by atoms with Crippen molar-refractivity contribution in [1.82, 2.24) is 0 Å². The lowest BCUT2D eigenvalue weighted by Gasteiger charge is -2.16. The highest BCUT2D eigenvalue weighted by atomic mass is 16.6. The Labute approximate surface area is 236 Å². The van der Waals surface area contributed by atoms with Crippen molar-refractivity contribution in [2.45, 2.75) is 20.1 Å². The molecule has 8 heteroatoms. The van der Waals surface area contributed by atoms with Gasteiger partial charge in [0.05, 0.1) is 14.2 Å². The highest BCUT2D eigenvalue weighted by molar-refractivity contribution is 5.91. The topological polar surface area (TPSA) is 93.4 Å². The van der Waals surface area contributed by atoms with Gasteiger partial charge in [0.1, 0.15) is 29.9 Å². The molecule has 0 aliphatic heterocycles. The Morgan fingerprint density at radius 1 is 0.707 bits per heavy atom. The third-order valence-corrected chi connectivity index (χ3v) is 6.27. The molecule has 0 aliphatic carbocycles. The summed E-state index contributed by atoms with van der Waals surface area (Å²) in [5.74, 6) is 0.987. The van der Waals surface area contributed by atoms with E-state index in [-0.39, 0.29) is 33.6 Å². The minimum Gasteiger partial charge on any atom is -0.493 e. The maximum Gasteiger partial charge on any atom is 0.308 e. The van der Waals surface area contributed by atoms with Crippen LogP contribution in [0.4, 0.5) is 0 Å². The first-order valence-electron chi connectivity index (χ1n) is 12.9.